The molecule has 4 aromatic carbocycles. The third-order valence-corrected chi connectivity index (χ3v) is 9.70. The van der Waals surface area contributed by atoms with Crippen molar-refractivity contribution in [3.63, 3.8) is 0 Å². The van der Waals surface area contributed by atoms with E-state index < -0.39 is 0 Å². The summed E-state index contributed by atoms with van der Waals surface area (Å²) in [6.45, 7) is 0. The normalized spacial score (nSPS) is 12.4. The molecule has 2 nitrogen and oxygen atoms in total. The van der Waals surface area contributed by atoms with Gasteiger partial charge in [-0.15, -0.1) is 22.7 Å². The number of hydrogen-bond acceptors (Lipinski definition) is 2. The minimum absolute atomic E-state index is 1.28. The molecule has 0 atom stereocenters. The molecule has 8 rings (SSSR count). The van der Waals surface area contributed by atoms with Crippen LogP contribution in [0, 0.1) is 0 Å². The Labute approximate surface area is 203 Å². The van der Waals surface area contributed by atoms with E-state index in [-0.39, 0.29) is 0 Å². The maximum absolute atomic E-state index is 2.37. The molecule has 0 saturated carbocycles. The summed E-state index contributed by atoms with van der Waals surface area (Å²) >= 11 is 3.82. The summed E-state index contributed by atoms with van der Waals surface area (Å²) in [6, 6.07) is 31.4. The van der Waals surface area contributed by atoms with Crippen LogP contribution >= 0.6 is 22.7 Å². The largest absolute Gasteiger partial charge is 0.342 e. The summed E-state index contributed by atoms with van der Waals surface area (Å²) in [5, 5.41) is 5.39. The van der Waals surface area contributed by atoms with Gasteiger partial charge in [0.2, 0.25) is 0 Å². The van der Waals surface area contributed by atoms with Crippen LogP contribution in [0.5, 0.6) is 0 Å². The molecule has 4 aromatic heterocycles. The smallest absolute Gasteiger partial charge is 0.0678 e. The van der Waals surface area contributed by atoms with E-state index in [1.807, 2.05) is 22.7 Å². The van der Waals surface area contributed by atoms with Crippen LogP contribution in [0.3, 0.4) is 0 Å². The van der Waals surface area contributed by atoms with Crippen LogP contribution in [0.2, 0.25) is 0 Å². The van der Waals surface area contributed by atoms with Crippen molar-refractivity contribution < 1.29 is 0 Å². The van der Waals surface area contributed by atoms with E-state index in [2.05, 4.69) is 108 Å². The first-order chi connectivity index (χ1) is 16.7. The highest BCUT2D eigenvalue weighted by atomic mass is 32.1. The lowest BCUT2D eigenvalue weighted by Crippen LogP contribution is -1.86. The van der Waals surface area contributed by atoms with Crippen LogP contribution in [0.15, 0.2) is 84.9 Å². The molecule has 0 spiro atoms. The fourth-order valence-electron chi connectivity index (χ4n) is 5.71. The van der Waals surface area contributed by atoms with Gasteiger partial charge >= 0.3 is 0 Å². The Bertz CT molecular complexity index is 1940. The number of para-hydroxylation sites is 2. The van der Waals surface area contributed by atoms with Crippen molar-refractivity contribution >= 4 is 85.1 Å². The molecule has 0 bridgehead atoms. The van der Waals surface area contributed by atoms with Gasteiger partial charge in [0.25, 0.3) is 0 Å². The summed E-state index contributed by atoms with van der Waals surface area (Å²) in [5.74, 6) is 0. The van der Waals surface area contributed by atoms with E-state index in [0.29, 0.717) is 0 Å². The van der Waals surface area contributed by atoms with Gasteiger partial charge in [-0.2, -0.15) is 0 Å². The zero-order valence-corrected chi connectivity index (χ0v) is 20.4. The lowest BCUT2D eigenvalue weighted by atomic mass is 10.0. The van der Waals surface area contributed by atoms with Gasteiger partial charge < -0.3 is 9.13 Å². The predicted octanol–water partition coefficient (Wildman–Crippen LogP) is 9.07. The van der Waals surface area contributed by atoms with Gasteiger partial charge in [-0.05, 0) is 35.4 Å². The molecule has 0 aliphatic carbocycles. The van der Waals surface area contributed by atoms with Crippen molar-refractivity contribution in [2.75, 3.05) is 0 Å². The van der Waals surface area contributed by atoms with Gasteiger partial charge in [0.05, 0.1) is 20.4 Å². The molecule has 0 fully saturated rings. The molecule has 8 aromatic rings. The molecule has 0 unspecified atom stereocenters. The van der Waals surface area contributed by atoms with Gasteiger partial charge in [-0.25, -0.2) is 0 Å². The van der Waals surface area contributed by atoms with E-state index in [1.54, 1.807) is 0 Å². The van der Waals surface area contributed by atoms with Crippen LogP contribution in [-0.4, -0.2) is 9.13 Å². The van der Waals surface area contributed by atoms with Crippen LogP contribution < -0.4 is 0 Å². The van der Waals surface area contributed by atoms with Crippen LogP contribution in [0.4, 0.5) is 0 Å². The monoisotopic (exact) mass is 472 g/mol. The molecular weight excluding hydrogens is 452 g/mol. The first-order valence-corrected chi connectivity index (χ1v) is 13.1. The van der Waals surface area contributed by atoms with Gasteiger partial charge in [0, 0.05) is 56.1 Å². The van der Waals surface area contributed by atoms with Crippen LogP contribution in [0.25, 0.3) is 73.5 Å². The summed E-state index contributed by atoms with van der Waals surface area (Å²) in [5.41, 5.74) is 7.87. The molecule has 0 N–H and O–H groups in total. The number of thiophene rings is 2. The summed E-state index contributed by atoms with van der Waals surface area (Å²) in [7, 11) is 4.37. The lowest BCUT2D eigenvalue weighted by molar-refractivity contribution is 1.02. The van der Waals surface area contributed by atoms with Crippen LogP contribution in [0.1, 0.15) is 0 Å². The highest BCUT2D eigenvalue weighted by molar-refractivity contribution is 7.27. The number of fused-ring (bicyclic) bond motifs is 10. The molecule has 34 heavy (non-hydrogen) atoms. The molecular formula is C30H20N2S2. The van der Waals surface area contributed by atoms with Crippen molar-refractivity contribution in [1.29, 1.82) is 0 Å². The third-order valence-electron chi connectivity index (χ3n) is 7.35. The summed E-state index contributed by atoms with van der Waals surface area (Å²) in [6.07, 6.45) is 0. The molecule has 162 valence electrons. The average molecular weight is 473 g/mol. The lowest BCUT2D eigenvalue weighted by Gasteiger charge is -2.04. The van der Waals surface area contributed by atoms with Crippen molar-refractivity contribution in [3.05, 3.63) is 84.9 Å². The van der Waals surface area contributed by atoms with E-state index in [1.165, 1.54) is 73.5 Å². The molecule has 0 aliphatic rings. The molecule has 0 radical (unpaired) electrons. The van der Waals surface area contributed by atoms with Crippen molar-refractivity contribution in [1.82, 2.24) is 9.13 Å². The van der Waals surface area contributed by atoms with E-state index in [0.717, 1.165) is 0 Å². The Hall–Kier alpha value is -3.60. The van der Waals surface area contributed by atoms with Crippen molar-refractivity contribution in [3.8, 4) is 11.1 Å². The van der Waals surface area contributed by atoms with Gasteiger partial charge in [0.15, 0.2) is 0 Å². The molecule has 4 heterocycles. The Morgan fingerprint density at radius 3 is 1.41 bits per heavy atom. The molecule has 0 aliphatic heterocycles. The number of benzene rings is 4. The maximum atomic E-state index is 2.37. The fraction of sp³-hybridized carbons (Fsp3) is 0.0667. The topological polar surface area (TPSA) is 9.86 Å². The summed E-state index contributed by atoms with van der Waals surface area (Å²) < 4.78 is 10.2. The number of hydrogen-bond donors (Lipinski definition) is 0. The van der Waals surface area contributed by atoms with Gasteiger partial charge in [-0.1, -0.05) is 60.7 Å². The molecule has 4 heteroatoms. The Balaban J connectivity index is 1.34. The molecule has 0 amide bonds. The summed E-state index contributed by atoms with van der Waals surface area (Å²) in [4.78, 5) is 0. The predicted molar refractivity (Wildman–Crippen MR) is 151 cm³/mol. The fourth-order valence-corrected chi connectivity index (χ4v) is 8.33. The average Bonchev–Trinajstić information content (AvgIpc) is 3.58. The highest BCUT2D eigenvalue weighted by Gasteiger charge is 2.17. The maximum Gasteiger partial charge on any atom is 0.0678 e. The first kappa shape index (κ1) is 18.8. The Kier molecular flexibility index (Phi) is 3.59. The number of rotatable bonds is 1. The first-order valence-electron chi connectivity index (χ1n) is 11.5. The second-order valence-electron chi connectivity index (χ2n) is 9.13. The van der Waals surface area contributed by atoms with E-state index >= 15 is 0 Å². The zero-order chi connectivity index (χ0) is 22.6. The standard InChI is InChI=1S/C30H20N2S2/c1-31-23-9-5-3-7-19(23)29-27(31)21-13-11-17(15-25(21)33-29)18-12-14-22-26(16-18)34-30-20-8-4-6-10-24(20)32(2)28(22)30/h3-16H,1-2H3. The quantitative estimate of drug-likeness (QED) is 0.225. The number of aryl methyl sites for hydroxylation is 2. The van der Waals surface area contributed by atoms with E-state index in [9.17, 15) is 0 Å². The van der Waals surface area contributed by atoms with Crippen molar-refractivity contribution in [2.45, 2.75) is 0 Å². The van der Waals surface area contributed by atoms with Crippen LogP contribution in [-0.2, 0) is 14.1 Å². The minimum atomic E-state index is 1.28. The van der Waals surface area contributed by atoms with Gasteiger partial charge in [-0.3, -0.25) is 0 Å². The Morgan fingerprint density at radius 1 is 0.500 bits per heavy atom. The number of aromatic nitrogens is 2. The number of nitrogens with zero attached hydrogens (tertiary/aromatic N) is 2. The van der Waals surface area contributed by atoms with Crippen molar-refractivity contribution in [2.24, 2.45) is 14.1 Å². The Morgan fingerprint density at radius 2 is 0.941 bits per heavy atom. The van der Waals surface area contributed by atoms with E-state index in [4.69, 9.17) is 0 Å². The second kappa shape index (κ2) is 6.50. The molecule has 0 saturated heterocycles. The van der Waals surface area contributed by atoms with Gasteiger partial charge in [0.1, 0.15) is 0 Å². The highest BCUT2D eigenvalue weighted by Crippen LogP contribution is 2.44. The minimum Gasteiger partial charge on any atom is -0.342 e. The third kappa shape index (κ3) is 2.29. The zero-order valence-electron chi connectivity index (χ0n) is 18.8. The second-order valence-corrected chi connectivity index (χ2v) is 11.2. The SMILES string of the molecule is Cn1c2ccccc2c2sc3cc(-c4ccc5c(c4)sc4c6ccccc6n(C)c54)ccc3c21.